The molecular formula is C16H13BrN2O4S2. The summed E-state index contributed by atoms with van der Waals surface area (Å²) in [6.45, 7) is 0.274. The second kappa shape index (κ2) is 6.89. The van der Waals surface area contributed by atoms with Gasteiger partial charge in [0.25, 0.3) is 11.8 Å². The average molecular weight is 441 g/mol. The molecule has 1 aromatic rings. The first-order valence-corrected chi connectivity index (χ1v) is 9.40. The summed E-state index contributed by atoms with van der Waals surface area (Å²) in [6, 6.07) is 5.39. The van der Waals surface area contributed by atoms with Gasteiger partial charge in [0.2, 0.25) is 0 Å². The number of carbonyl (C=O) groups excluding carboxylic acids is 2. The van der Waals surface area contributed by atoms with Gasteiger partial charge in [0.15, 0.2) is 0 Å². The molecule has 0 saturated carbocycles. The number of fused-ring (bicyclic) bond motifs is 1. The van der Waals surface area contributed by atoms with E-state index in [-0.39, 0.29) is 24.8 Å². The monoisotopic (exact) mass is 440 g/mol. The maximum Gasteiger partial charge on any atom is 0.303 e. The van der Waals surface area contributed by atoms with Crippen molar-refractivity contribution in [3.8, 4) is 0 Å². The number of aliphatic carboxylic acids is 1. The van der Waals surface area contributed by atoms with E-state index in [1.807, 2.05) is 6.07 Å². The van der Waals surface area contributed by atoms with Crippen molar-refractivity contribution in [1.29, 1.82) is 0 Å². The van der Waals surface area contributed by atoms with Crippen LogP contribution in [-0.2, 0) is 14.4 Å². The van der Waals surface area contributed by atoms with Crippen LogP contribution in [0.5, 0.6) is 0 Å². The number of rotatable bonds is 4. The van der Waals surface area contributed by atoms with E-state index in [4.69, 9.17) is 17.3 Å². The number of thioether (sulfide) groups is 1. The number of thiocarbonyl (C=S) groups is 1. The molecule has 0 atom stereocenters. The lowest BCUT2D eigenvalue weighted by Gasteiger charge is -2.16. The van der Waals surface area contributed by atoms with Gasteiger partial charge in [0.1, 0.15) is 4.32 Å². The Hall–Kier alpha value is -1.71. The molecule has 1 saturated heterocycles. The summed E-state index contributed by atoms with van der Waals surface area (Å²) in [4.78, 5) is 39.4. The highest BCUT2D eigenvalue weighted by molar-refractivity contribution is 9.10. The van der Waals surface area contributed by atoms with Crippen LogP contribution in [0.4, 0.5) is 5.69 Å². The Morgan fingerprint density at radius 1 is 1.32 bits per heavy atom. The van der Waals surface area contributed by atoms with Crippen molar-refractivity contribution in [2.45, 2.75) is 12.8 Å². The molecule has 1 aromatic carbocycles. The van der Waals surface area contributed by atoms with Gasteiger partial charge >= 0.3 is 5.97 Å². The molecule has 25 heavy (non-hydrogen) atoms. The van der Waals surface area contributed by atoms with E-state index in [0.29, 0.717) is 32.5 Å². The summed E-state index contributed by atoms with van der Waals surface area (Å²) in [5.41, 5.74) is 1.66. The average Bonchev–Trinajstić information content (AvgIpc) is 2.95. The van der Waals surface area contributed by atoms with Crippen molar-refractivity contribution in [2.75, 3.05) is 18.5 Å². The highest BCUT2D eigenvalue weighted by Gasteiger charge is 2.40. The van der Waals surface area contributed by atoms with Crippen LogP contribution in [0.15, 0.2) is 27.6 Å². The Kier molecular flexibility index (Phi) is 4.99. The van der Waals surface area contributed by atoms with Gasteiger partial charge in [-0.2, -0.15) is 0 Å². The van der Waals surface area contributed by atoms with Crippen LogP contribution < -0.4 is 4.90 Å². The van der Waals surface area contributed by atoms with Gasteiger partial charge in [-0.3, -0.25) is 19.3 Å². The van der Waals surface area contributed by atoms with Gasteiger partial charge in [-0.1, -0.05) is 39.9 Å². The molecule has 2 aliphatic rings. The van der Waals surface area contributed by atoms with E-state index in [9.17, 15) is 14.4 Å². The minimum atomic E-state index is -0.908. The predicted octanol–water partition coefficient (Wildman–Crippen LogP) is 2.86. The van der Waals surface area contributed by atoms with Gasteiger partial charge in [-0.15, -0.1) is 0 Å². The summed E-state index contributed by atoms with van der Waals surface area (Å²) in [5.74, 6) is -1.50. The van der Waals surface area contributed by atoms with Gasteiger partial charge in [-0.25, -0.2) is 0 Å². The van der Waals surface area contributed by atoms with E-state index in [2.05, 4.69) is 15.9 Å². The van der Waals surface area contributed by atoms with Crippen LogP contribution in [0.1, 0.15) is 18.4 Å². The normalized spacial score (nSPS) is 19.8. The fourth-order valence-corrected chi connectivity index (χ4v) is 4.34. The molecule has 3 rings (SSSR count). The first kappa shape index (κ1) is 18.1. The lowest BCUT2D eigenvalue weighted by molar-refractivity contribution is -0.137. The number of carboxylic acids is 1. The van der Waals surface area contributed by atoms with Gasteiger partial charge in [0.05, 0.1) is 16.2 Å². The number of hydrogen-bond acceptors (Lipinski definition) is 5. The second-order valence-corrected chi connectivity index (χ2v) is 8.11. The Morgan fingerprint density at radius 3 is 2.64 bits per heavy atom. The number of benzene rings is 1. The molecular weight excluding hydrogens is 428 g/mol. The van der Waals surface area contributed by atoms with E-state index in [0.717, 1.165) is 16.2 Å². The first-order chi connectivity index (χ1) is 11.8. The summed E-state index contributed by atoms with van der Waals surface area (Å²) >= 11 is 9.66. The summed E-state index contributed by atoms with van der Waals surface area (Å²) in [5, 5.41) is 8.82. The number of hydrogen-bond donors (Lipinski definition) is 1. The van der Waals surface area contributed by atoms with E-state index < -0.39 is 5.97 Å². The third-order valence-electron chi connectivity index (χ3n) is 3.94. The van der Waals surface area contributed by atoms with E-state index in [1.54, 1.807) is 19.2 Å². The molecule has 0 aliphatic carbocycles. The van der Waals surface area contributed by atoms with Crippen LogP contribution >= 0.6 is 39.9 Å². The summed E-state index contributed by atoms with van der Waals surface area (Å²) in [7, 11) is 1.58. The Morgan fingerprint density at radius 2 is 2.04 bits per heavy atom. The Bertz CT molecular complexity index is 853. The smallest absolute Gasteiger partial charge is 0.303 e. The zero-order valence-corrected chi connectivity index (χ0v) is 16.3. The predicted molar refractivity (Wildman–Crippen MR) is 103 cm³/mol. The summed E-state index contributed by atoms with van der Waals surface area (Å²) in [6.07, 6.45) is 0.306. The van der Waals surface area contributed by atoms with Gasteiger partial charge < -0.3 is 10.0 Å². The van der Waals surface area contributed by atoms with Crippen LogP contribution in [0.2, 0.25) is 0 Å². The molecule has 0 bridgehead atoms. The molecule has 2 heterocycles. The lowest BCUT2D eigenvalue weighted by atomic mass is 10.1. The number of amides is 2. The quantitative estimate of drug-likeness (QED) is 0.572. The fraction of sp³-hybridized carbons (Fsp3) is 0.250. The molecule has 1 N–H and O–H groups in total. The van der Waals surface area contributed by atoms with Gasteiger partial charge in [-0.05, 0) is 24.6 Å². The van der Waals surface area contributed by atoms with Crippen molar-refractivity contribution >= 4 is 73.3 Å². The maximum absolute atomic E-state index is 13.0. The lowest BCUT2D eigenvalue weighted by Crippen LogP contribution is -2.29. The Labute approximate surface area is 162 Å². The van der Waals surface area contributed by atoms with Gasteiger partial charge in [0, 0.05) is 30.0 Å². The Balaban J connectivity index is 2.05. The number of halogens is 1. The molecule has 0 unspecified atom stereocenters. The zero-order valence-electron chi connectivity index (χ0n) is 13.1. The van der Waals surface area contributed by atoms with Crippen LogP contribution in [0, 0.1) is 0 Å². The highest BCUT2D eigenvalue weighted by Crippen LogP contribution is 2.45. The summed E-state index contributed by atoms with van der Waals surface area (Å²) < 4.78 is 1.19. The SMILES string of the molecule is CN1C(=O)/C(=C2\C(=O)N(CCCC(=O)O)c3ccc(Br)cc32)SC1=S. The standard InChI is InChI=1S/C16H13BrN2O4S2/c1-18-15(23)13(25-16(18)24)12-9-7-8(17)4-5-10(9)19(14(12)22)6-2-3-11(20)21/h4-5,7H,2-3,6H2,1H3,(H,20,21)/b13-12+. The molecule has 2 amide bonds. The molecule has 9 heteroatoms. The number of likely N-dealkylation sites (N-methyl/N-ethyl adjacent to an activating group) is 1. The largest absolute Gasteiger partial charge is 0.481 e. The van der Waals surface area contributed by atoms with Crippen molar-refractivity contribution in [2.24, 2.45) is 0 Å². The minimum absolute atomic E-state index is 0.0257. The first-order valence-electron chi connectivity index (χ1n) is 7.39. The molecule has 1 fully saturated rings. The number of anilines is 1. The number of carbonyl (C=O) groups is 3. The highest BCUT2D eigenvalue weighted by atomic mass is 79.9. The van der Waals surface area contributed by atoms with Crippen LogP contribution in [-0.4, -0.2) is 45.7 Å². The zero-order chi connectivity index (χ0) is 18.3. The van der Waals surface area contributed by atoms with Crippen molar-refractivity contribution < 1.29 is 19.5 Å². The van der Waals surface area contributed by atoms with E-state index in [1.165, 1.54) is 9.80 Å². The van der Waals surface area contributed by atoms with Crippen molar-refractivity contribution in [3.05, 3.63) is 33.1 Å². The third kappa shape index (κ3) is 3.23. The van der Waals surface area contributed by atoms with Crippen molar-refractivity contribution in [1.82, 2.24) is 4.90 Å². The van der Waals surface area contributed by atoms with Crippen molar-refractivity contribution in [3.63, 3.8) is 0 Å². The fourth-order valence-electron chi connectivity index (χ4n) is 2.73. The maximum atomic E-state index is 13.0. The third-order valence-corrected chi connectivity index (χ3v) is 5.99. The number of nitrogens with zero attached hydrogens (tertiary/aromatic N) is 2. The minimum Gasteiger partial charge on any atom is -0.481 e. The molecule has 0 radical (unpaired) electrons. The van der Waals surface area contributed by atoms with E-state index >= 15 is 0 Å². The molecule has 6 nitrogen and oxygen atoms in total. The van der Waals surface area contributed by atoms with Crippen LogP contribution in [0.3, 0.4) is 0 Å². The molecule has 130 valence electrons. The second-order valence-electron chi connectivity index (χ2n) is 5.55. The topological polar surface area (TPSA) is 77.9 Å². The van der Waals surface area contributed by atoms with Crippen LogP contribution in [0.25, 0.3) is 5.57 Å². The number of carboxylic acid groups (broad SMARTS) is 1. The molecule has 0 spiro atoms. The molecule has 0 aromatic heterocycles. The molecule has 2 aliphatic heterocycles.